The Hall–Kier alpha value is -1.27. The Bertz CT molecular complexity index is 486. The van der Waals surface area contributed by atoms with Gasteiger partial charge < -0.3 is 10.1 Å². The number of sulfonamides is 1. The summed E-state index contributed by atoms with van der Waals surface area (Å²) in [4.78, 5) is 0. The van der Waals surface area contributed by atoms with E-state index in [1.54, 1.807) is 32.4 Å². The van der Waals surface area contributed by atoms with E-state index in [1.165, 1.54) is 0 Å². The molecule has 0 saturated heterocycles. The van der Waals surface area contributed by atoms with Crippen LogP contribution in [0.15, 0.2) is 18.2 Å². The predicted octanol–water partition coefficient (Wildman–Crippen LogP) is 1.35. The summed E-state index contributed by atoms with van der Waals surface area (Å²) in [5, 5.41) is 2.92. The van der Waals surface area contributed by atoms with Gasteiger partial charge in [0.15, 0.2) is 0 Å². The van der Waals surface area contributed by atoms with Crippen LogP contribution in [0.1, 0.15) is 12.0 Å². The smallest absolute Gasteiger partial charge is 0.232 e. The van der Waals surface area contributed by atoms with E-state index in [4.69, 9.17) is 4.74 Å². The van der Waals surface area contributed by atoms with Gasteiger partial charge in [0, 0.05) is 0 Å². The van der Waals surface area contributed by atoms with Crippen LogP contribution in [0.3, 0.4) is 0 Å². The summed E-state index contributed by atoms with van der Waals surface area (Å²) in [5.41, 5.74) is 1.44. The second-order valence-corrected chi connectivity index (χ2v) is 5.90. The van der Waals surface area contributed by atoms with Gasteiger partial charge in [0.25, 0.3) is 0 Å². The highest BCUT2D eigenvalue weighted by Gasteiger charge is 2.11. The number of benzene rings is 1. The molecule has 0 aliphatic carbocycles. The lowest BCUT2D eigenvalue weighted by atomic mass is 10.2. The molecule has 0 unspecified atom stereocenters. The number of rotatable bonds is 7. The van der Waals surface area contributed by atoms with Gasteiger partial charge in [-0.25, -0.2) is 8.42 Å². The van der Waals surface area contributed by atoms with E-state index in [0.29, 0.717) is 24.4 Å². The Morgan fingerprint density at radius 3 is 2.61 bits per heavy atom. The summed E-state index contributed by atoms with van der Waals surface area (Å²) in [6, 6.07) is 5.24. The minimum atomic E-state index is -3.28. The maximum atomic E-state index is 11.8. The molecule has 102 valence electrons. The lowest BCUT2D eigenvalue weighted by Gasteiger charge is -2.11. The van der Waals surface area contributed by atoms with Gasteiger partial charge in [-0.05, 0) is 50.7 Å². The lowest BCUT2D eigenvalue weighted by Crippen LogP contribution is -2.20. The monoisotopic (exact) mass is 272 g/mol. The van der Waals surface area contributed by atoms with Crippen molar-refractivity contribution in [2.24, 2.45) is 0 Å². The molecule has 0 amide bonds. The van der Waals surface area contributed by atoms with Crippen LogP contribution in [0, 0.1) is 6.92 Å². The number of methoxy groups -OCH3 is 1. The first kappa shape index (κ1) is 14.8. The highest BCUT2D eigenvalue weighted by atomic mass is 32.2. The molecule has 0 saturated carbocycles. The average Bonchev–Trinajstić information content (AvgIpc) is 2.31. The minimum Gasteiger partial charge on any atom is -0.497 e. The highest BCUT2D eigenvalue weighted by Crippen LogP contribution is 2.22. The van der Waals surface area contributed by atoms with Gasteiger partial charge in [-0.2, -0.15) is 0 Å². The molecule has 0 fully saturated rings. The summed E-state index contributed by atoms with van der Waals surface area (Å²) >= 11 is 0. The van der Waals surface area contributed by atoms with Crippen molar-refractivity contribution in [2.75, 3.05) is 31.2 Å². The van der Waals surface area contributed by atoms with Crippen molar-refractivity contribution in [3.8, 4) is 5.75 Å². The standard InChI is InChI=1S/C12H20N2O3S/c1-10-9-11(17-3)5-6-12(10)14-18(15,16)8-4-7-13-2/h5-6,9,13-14H,4,7-8H2,1-3H3. The summed E-state index contributed by atoms with van der Waals surface area (Å²) in [6.45, 7) is 2.52. The van der Waals surface area contributed by atoms with E-state index in [9.17, 15) is 8.42 Å². The predicted molar refractivity (Wildman–Crippen MR) is 73.7 cm³/mol. The summed E-state index contributed by atoms with van der Waals surface area (Å²) in [6.07, 6.45) is 0.584. The molecular formula is C12H20N2O3S. The zero-order valence-corrected chi connectivity index (χ0v) is 11.8. The molecule has 0 aromatic heterocycles. The first-order valence-electron chi connectivity index (χ1n) is 5.78. The highest BCUT2D eigenvalue weighted by molar-refractivity contribution is 7.92. The summed E-state index contributed by atoms with van der Waals surface area (Å²) in [7, 11) is 0.0992. The molecule has 5 nitrogen and oxygen atoms in total. The van der Waals surface area contributed by atoms with Crippen molar-refractivity contribution in [2.45, 2.75) is 13.3 Å². The zero-order chi connectivity index (χ0) is 13.6. The first-order chi connectivity index (χ1) is 8.48. The van der Waals surface area contributed by atoms with Crippen LogP contribution in [-0.2, 0) is 10.0 Å². The van der Waals surface area contributed by atoms with Gasteiger partial charge in [-0.15, -0.1) is 0 Å². The Balaban J connectivity index is 2.72. The number of hydrogen-bond acceptors (Lipinski definition) is 4. The molecule has 0 bridgehead atoms. The topological polar surface area (TPSA) is 67.4 Å². The number of ether oxygens (including phenoxy) is 1. The van der Waals surface area contributed by atoms with Crippen LogP contribution in [-0.4, -0.2) is 34.9 Å². The van der Waals surface area contributed by atoms with Crippen LogP contribution in [0.5, 0.6) is 5.75 Å². The van der Waals surface area contributed by atoms with Gasteiger partial charge in [0.1, 0.15) is 5.75 Å². The number of nitrogens with one attached hydrogen (secondary N) is 2. The van der Waals surface area contributed by atoms with Crippen LogP contribution in [0.2, 0.25) is 0 Å². The van der Waals surface area contributed by atoms with Crippen LogP contribution in [0.25, 0.3) is 0 Å². The second kappa shape index (κ2) is 6.61. The third kappa shape index (κ3) is 4.54. The zero-order valence-electron chi connectivity index (χ0n) is 11.0. The fourth-order valence-corrected chi connectivity index (χ4v) is 2.73. The van der Waals surface area contributed by atoms with E-state index in [-0.39, 0.29) is 5.75 Å². The number of anilines is 1. The SMILES string of the molecule is CNCCCS(=O)(=O)Nc1ccc(OC)cc1C. The molecule has 0 heterocycles. The Morgan fingerprint density at radius 2 is 2.06 bits per heavy atom. The molecule has 0 aliphatic rings. The Morgan fingerprint density at radius 1 is 1.33 bits per heavy atom. The third-order valence-corrected chi connectivity index (χ3v) is 3.90. The Labute approximate surface area is 109 Å². The van der Waals surface area contributed by atoms with Crippen molar-refractivity contribution in [3.63, 3.8) is 0 Å². The maximum absolute atomic E-state index is 11.8. The molecule has 0 aliphatic heterocycles. The van der Waals surface area contributed by atoms with Crippen LogP contribution < -0.4 is 14.8 Å². The molecule has 6 heteroatoms. The Kier molecular flexibility index (Phi) is 5.43. The van der Waals surface area contributed by atoms with Gasteiger partial charge >= 0.3 is 0 Å². The average molecular weight is 272 g/mol. The fraction of sp³-hybridized carbons (Fsp3) is 0.500. The van der Waals surface area contributed by atoms with E-state index >= 15 is 0 Å². The molecule has 0 atom stereocenters. The van der Waals surface area contributed by atoms with Gasteiger partial charge in [-0.3, -0.25) is 4.72 Å². The molecule has 1 rings (SSSR count). The normalized spacial score (nSPS) is 11.3. The molecule has 1 aromatic rings. The minimum absolute atomic E-state index is 0.110. The number of hydrogen-bond donors (Lipinski definition) is 2. The van der Waals surface area contributed by atoms with E-state index < -0.39 is 10.0 Å². The largest absolute Gasteiger partial charge is 0.497 e. The van der Waals surface area contributed by atoms with Crippen molar-refractivity contribution in [1.82, 2.24) is 5.32 Å². The van der Waals surface area contributed by atoms with Gasteiger partial charge in [-0.1, -0.05) is 0 Å². The van der Waals surface area contributed by atoms with E-state index in [2.05, 4.69) is 10.0 Å². The summed E-state index contributed by atoms with van der Waals surface area (Å²) < 4.78 is 31.3. The molecule has 2 N–H and O–H groups in total. The van der Waals surface area contributed by atoms with Crippen molar-refractivity contribution < 1.29 is 13.2 Å². The third-order valence-electron chi connectivity index (χ3n) is 2.54. The molecule has 1 aromatic carbocycles. The first-order valence-corrected chi connectivity index (χ1v) is 7.43. The van der Waals surface area contributed by atoms with E-state index in [1.807, 2.05) is 6.92 Å². The van der Waals surface area contributed by atoms with Gasteiger partial charge in [0.2, 0.25) is 10.0 Å². The number of aryl methyl sites for hydroxylation is 1. The van der Waals surface area contributed by atoms with Gasteiger partial charge in [0.05, 0.1) is 18.6 Å². The molecule has 0 radical (unpaired) electrons. The lowest BCUT2D eigenvalue weighted by molar-refractivity contribution is 0.414. The van der Waals surface area contributed by atoms with Crippen molar-refractivity contribution in [3.05, 3.63) is 23.8 Å². The van der Waals surface area contributed by atoms with Crippen molar-refractivity contribution >= 4 is 15.7 Å². The van der Waals surface area contributed by atoms with E-state index in [0.717, 1.165) is 5.56 Å². The van der Waals surface area contributed by atoms with Crippen molar-refractivity contribution in [1.29, 1.82) is 0 Å². The quantitative estimate of drug-likeness (QED) is 0.735. The van der Waals surface area contributed by atoms with Crippen LogP contribution in [0.4, 0.5) is 5.69 Å². The van der Waals surface area contributed by atoms with Crippen LogP contribution >= 0.6 is 0 Å². The second-order valence-electron chi connectivity index (χ2n) is 4.06. The molecule has 18 heavy (non-hydrogen) atoms. The molecule has 0 spiro atoms. The fourth-order valence-electron chi connectivity index (χ4n) is 1.54. The molecular weight excluding hydrogens is 252 g/mol. The maximum Gasteiger partial charge on any atom is 0.232 e. The summed E-state index contributed by atoms with van der Waals surface area (Å²) in [5.74, 6) is 0.824.